The molecule has 0 radical (unpaired) electrons. The largest absolute Gasteiger partial charge is 0.299 e. The van der Waals surface area contributed by atoms with Crippen LogP contribution in [0.3, 0.4) is 0 Å². The first-order valence-corrected chi connectivity index (χ1v) is 5.52. The van der Waals surface area contributed by atoms with Gasteiger partial charge in [0.2, 0.25) is 5.12 Å². The fourth-order valence-electron chi connectivity index (χ4n) is 1.30. The highest BCUT2D eigenvalue weighted by molar-refractivity contribution is 8.13. The normalized spacial score (nSPS) is 12.1. The van der Waals surface area contributed by atoms with E-state index in [4.69, 9.17) is 0 Å². The second-order valence-corrected chi connectivity index (χ2v) is 3.79. The van der Waals surface area contributed by atoms with E-state index in [9.17, 15) is 9.59 Å². The first kappa shape index (κ1) is 11.0. The maximum atomic E-state index is 11.5. The van der Waals surface area contributed by atoms with Gasteiger partial charge in [0.1, 0.15) is 11.7 Å². The molecule has 1 atom stereocenters. The van der Waals surface area contributed by atoms with Crippen molar-refractivity contribution >= 4 is 22.7 Å². The van der Waals surface area contributed by atoms with Crippen molar-refractivity contribution in [2.75, 3.05) is 6.26 Å². The lowest BCUT2D eigenvalue weighted by molar-refractivity contribution is -0.123. The third kappa shape index (κ3) is 2.45. The van der Waals surface area contributed by atoms with Gasteiger partial charge in [0.15, 0.2) is 0 Å². The minimum absolute atomic E-state index is 0.0938. The zero-order valence-electron chi connectivity index (χ0n) is 8.19. The van der Waals surface area contributed by atoms with Crippen LogP contribution < -0.4 is 0 Å². The fraction of sp³-hybridized carbons (Fsp3) is 0.273. The van der Waals surface area contributed by atoms with E-state index >= 15 is 0 Å². The van der Waals surface area contributed by atoms with Gasteiger partial charge in [0.05, 0.1) is 0 Å². The van der Waals surface area contributed by atoms with Crippen molar-refractivity contribution in [3.8, 4) is 0 Å². The SMILES string of the molecule is CSC(=O)C(C(C)=O)c1ccccc1. The Labute approximate surface area is 87.7 Å². The maximum Gasteiger partial charge on any atom is 0.203 e. The average molecular weight is 208 g/mol. The minimum Gasteiger partial charge on any atom is -0.299 e. The molecule has 1 rings (SSSR count). The predicted octanol–water partition coefficient (Wildman–Crippen LogP) is 2.25. The van der Waals surface area contributed by atoms with Crippen molar-refractivity contribution in [1.82, 2.24) is 0 Å². The number of hydrogen-bond acceptors (Lipinski definition) is 3. The van der Waals surface area contributed by atoms with Crippen molar-refractivity contribution in [1.29, 1.82) is 0 Å². The van der Waals surface area contributed by atoms with Crippen LogP contribution in [0.1, 0.15) is 18.4 Å². The van der Waals surface area contributed by atoms with E-state index in [-0.39, 0.29) is 10.9 Å². The quantitative estimate of drug-likeness (QED) is 0.714. The van der Waals surface area contributed by atoms with Crippen molar-refractivity contribution in [2.24, 2.45) is 0 Å². The fourth-order valence-corrected chi connectivity index (χ4v) is 1.84. The monoisotopic (exact) mass is 208 g/mol. The van der Waals surface area contributed by atoms with E-state index in [0.29, 0.717) is 0 Å². The molecule has 0 aromatic heterocycles. The molecule has 1 aromatic carbocycles. The summed E-state index contributed by atoms with van der Waals surface area (Å²) >= 11 is 1.10. The number of Topliss-reactive ketones (excluding diaryl/α,β-unsaturated/α-hetero) is 1. The Hall–Kier alpha value is -1.09. The van der Waals surface area contributed by atoms with E-state index in [1.54, 1.807) is 18.4 Å². The standard InChI is InChI=1S/C11H12O2S/c1-8(12)10(11(13)14-2)9-6-4-3-5-7-9/h3-7,10H,1-2H3. The third-order valence-electron chi connectivity index (χ3n) is 1.98. The summed E-state index contributed by atoms with van der Waals surface area (Å²) < 4.78 is 0. The zero-order valence-corrected chi connectivity index (χ0v) is 9.01. The predicted molar refractivity (Wildman–Crippen MR) is 58.4 cm³/mol. The molecule has 0 fully saturated rings. The molecule has 0 aliphatic rings. The molecule has 14 heavy (non-hydrogen) atoms. The summed E-state index contributed by atoms with van der Waals surface area (Å²) in [5, 5.41) is -0.0938. The third-order valence-corrected chi connectivity index (χ3v) is 2.61. The molecule has 0 N–H and O–H groups in total. The lowest BCUT2D eigenvalue weighted by Crippen LogP contribution is -2.16. The van der Waals surface area contributed by atoms with E-state index < -0.39 is 5.92 Å². The smallest absolute Gasteiger partial charge is 0.203 e. The van der Waals surface area contributed by atoms with Gasteiger partial charge in [-0.25, -0.2) is 0 Å². The van der Waals surface area contributed by atoms with Crippen LogP contribution in [0.5, 0.6) is 0 Å². The van der Waals surface area contributed by atoms with E-state index in [1.807, 2.05) is 18.2 Å². The van der Waals surface area contributed by atoms with Gasteiger partial charge in [-0.3, -0.25) is 9.59 Å². The summed E-state index contributed by atoms with van der Waals surface area (Å²) in [6, 6.07) is 9.14. The first-order chi connectivity index (χ1) is 6.66. The van der Waals surface area contributed by atoms with Crippen LogP contribution >= 0.6 is 11.8 Å². The Morgan fingerprint density at radius 2 is 1.79 bits per heavy atom. The molecule has 1 unspecified atom stereocenters. The number of rotatable bonds is 3. The van der Waals surface area contributed by atoms with E-state index in [1.165, 1.54) is 6.92 Å². The lowest BCUT2D eigenvalue weighted by Gasteiger charge is -2.10. The molecule has 0 heterocycles. The van der Waals surface area contributed by atoms with Gasteiger partial charge in [0.25, 0.3) is 0 Å². The number of ketones is 1. The summed E-state index contributed by atoms with van der Waals surface area (Å²) in [5.41, 5.74) is 0.777. The van der Waals surface area contributed by atoms with E-state index in [2.05, 4.69) is 0 Å². The Balaban J connectivity index is 3.01. The van der Waals surface area contributed by atoms with Crippen molar-refractivity contribution in [2.45, 2.75) is 12.8 Å². The Morgan fingerprint density at radius 1 is 1.21 bits per heavy atom. The van der Waals surface area contributed by atoms with Gasteiger partial charge in [-0.2, -0.15) is 0 Å². The molecule has 74 valence electrons. The molecular formula is C11H12O2S. The summed E-state index contributed by atoms with van der Waals surface area (Å²) in [7, 11) is 0. The average Bonchev–Trinajstić information content (AvgIpc) is 2.19. The van der Waals surface area contributed by atoms with Crippen LogP contribution in [0.2, 0.25) is 0 Å². The second-order valence-electron chi connectivity index (χ2n) is 2.98. The van der Waals surface area contributed by atoms with Gasteiger partial charge < -0.3 is 0 Å². The molecule has 1 aromatic rings. The summed E-state index contributed by atoms with van der Waals surface area (Å²) in [4.78, 5) is 22.8. The number of carbonyl (C=O) groups is 2. The topological polar surface area (TPSA) is 34.1 Å². The zero-order chi connectivity index (χ0) is 10.6. The number of benzene rings is 1. The lowest BCUT2D eigenvalue weighted by atomic mass is 9.97. The number of hydrogen-bond donors (Lipinski definition) is 0. The number of carbonyl (C=O) groups excluding carboxylic acids is 2. The molecule has 0 bridgehead atoms. The second kappa shape index (κ2) is 4.96. The Kier molecular flexibility index (Phi) is 3.89. The molecule has 0 aliphatic heterocycles. The highest BCUT2D eigenvalue weighted by Gasteiger charge is 2.23. The van der Waals surface area contributed by atoms with Gasteiger partial charge in [-0.15, -0.1) is 0 Å². The maximum absolute atomic E-state index is 11.5. The minimum atomic E-state index is -0.605. The highest BCUT2D eigenvalue weighted by Crippen LogP contribution is 2.22. The highest BCUT2D eigenvalue weighted by atomic mass is 32.2. The van der Waals surface area contributed by atoms with Crippen molar-refractivity contribution in [3.63, 3.8) is 0 Å². The van der Waals surface area contributed by atoms with Crippen LogP contribution in [0, 0.1) is 0 Å². The van der Waals surface area contributed by atoms with Crippen molar-refractivity contribution < 1.29 is 9.59 Å². The Bertz CT molecular complexity index is 332. The van der Waals surface area contributed by atoms with Crippen LogP contribution in [0.4, 0.5) is 0 Å². The van der Waals surface area contributed by atoms with Gasteiger partial charge >= 0.3 is 0 Å². The molecule has 0 amide bonds. The van der Waals surface area contributed by atoms with Crippen LogP contribution in [0.15, 0.2) is 30.3 Å². The Morgan fingerprint density at radius 3 is 2.21 bits per heavy atom. The summed E-state index contributed by atoms with van der Waals surface area (Å²) in [6.07, 6.45) is 1.70. The summed E-state index contributed by atoms with van der Waals surface area (Å²) in [6.45, 7) is 1.45. The molecule has 0 saturated carbocycles. The molecular weight excluding hydrogens is 196 g/mol. The molecule has 0 spiro atoms. The molecule has 0 saturated heterocycles. The van der Waals surface area contributed by atoms with Crippen LogP contribution in [-0.4, -0.2) is 17.2 Å². The summed E-state index contributed by atoms with van der Waals surface area (Å²) in [5.74, 6) is -0.707. The van der Waals surface area contributed by atoms with Crippen molar-refractivity contribution in [3.05, 3.63) is 35.9 Å². The van der Waals surface area contributed by atoms with Gasteiger partial charge in [-0.05, 0) is 18.7 Å². The van der Waals surface area contributed by atoms with E-state index in [0.717, 1.165) is 17.3 Å². The van der Waals surface area contributed by atoms with Gasteiger partial charge in [0, 0.05) is 0 Å². The molecule has 0 aliphatic carbocycles. The molecule has 3 heteroatoms. The molecule has 2 nitrogen and oxygen atoms in total. The van der Waals surface area contributed by atoms with Gasteiger partial charge in [-0.1, -0.05) is 42.1 Å². The number of thioether (sulfide) groups is 1. The first-order valence-electron chi connectivity index (χ1n) is 4.30. The van der Waals surface area contributed by atoms with Crippen LogP contribution in [-0.2, 0) is 9.59 Å². The van der Waals surface area contributed by atoms with Crippen LogP contribution in [0.25, 0.3) is 0 Å².